The van der Waals surface area contributed by atoms with E-state index in [0.717, 1.165) is 17.0 Å². The van der Waals surface area contributed by atoms with Crippen LogP contribution in [0.5, 0.6) is 0 Å². The van der Waals surface area contributed by atoms with Crippen LogP contribution in [-0.4, -0.2) is 35.7 Å². The van der Waals surface area contributed by atoms with Crippen molar-refractivity contribution in [1.82, 2.24) is 29.8 Å². The maximum Gasteiger partial charge on any atom is 0.248 e. The van der Waals surface area contributed by atoms with E-state index in [1.807, 2.05) is 28.8 Å². The smallest absolute Gasteiger partial charge is 0.248 e. The van der Waals surface area contributed by atoms with E-state index in [2.05, 4.69) is 30.7 Å². The van der Waals surface area contributed by atoms with Gasteiger partial charge in [0, 0.05) is 25.5 Å². The first-order valence-corrected chi connectivity index (χ1v) is 8.91. The average molecular weight is 379 g/mol. The number of nitrogens with zero attached hydrogens (tertiary/aromatic N) is 5. The molecule has 3 aromatic heterocycles. The number of halogens is 1. The number of nitrogens with one attached hydrogen (secondary N) is 2. The molecule has 0 atom stereocenters. The first-order valence-electron chi connectivity index (χ1n) is 8.91. The summed E-state index contributed by atoms with van der Waals surface area (Å²) in [7, 11) is 0. The van der Waals surface area contributed by atoms with Crippen molar-refractivity contribution in [1.29, 1.82) is 0 Å². The number of amides is 1. The number of aromatic amines is 1. The molecule has 142 valence electrons. The van der Waals surface area contributed by atoms with Gasteiger partial charge < -0.3 is 0 Å². The van der Waals surface area contributed by atoms with Crippen molar-refractivity contribution in [3.8, 4) is 0 Å². The molecule has 9 heteroatoms. The van der Waals surface area contributed by atoms with Crippen LogP contribution in [0, 0.1) is 5.82 Å². The van der Waals surface area contributed by atoms with E-state index in [4.69, 9.17) is 0 Å². The Morgan fingerprint density at radius 3 is 2.86 bits per heavy atom. The maximum atomic E-state index is 12.9. The average Bonchev–Trinajstić information content (AvgIpc) is 3.31. The second-order valence-electron chi connectivity index (χ2n) is 6.36. The van der Waals surface area contributed by atoms with Gasteiger partial charge in [0.25, 0.3) is 0 Å². The lowest BCUT2D eigenvalue weighted by Gasteiger charge is -2.01. The van der Waals surface area contributed by atoms with Crippen molar-refractivity contribution < 1.29 is 9.18 Å². The highest BCUT2D eigenvalue weighted by Crippen LogP contribution is 2.10. The fraction of sp³-hybridized carbons (Fsp3) is 0.211. The van der Waals surface area contributed by atoms with Gasteiger partial charge in [0.2, 0.25) is 11.9 Å². The summed E-state index contributed by atoms with van der Waals surface area (Å²) in [5.41, 5.74) is 1.69. The van der Waals surface area contributed by atoms with Crippen molar-refractivity contribution in [3.05, 3.63) is 71.7 Å². The molecule has 0 spiro atoms. The monoisotopic (exact) mass is 379 g/mol. The summed E-state index contributed by atoms with van der Waals surface area (Å²) >= 11 is 0. The Kier molecular flexibility index (Phi) is 5.05. The maximum absolute atomic E-state index is 12.9. The van der Waals surface area contributed by atoms with E-state index in [0.29, 0.717) is 31.5 Å². The van der Waals surface area contributed by atoms with Crippen molar-refractivity contribution in [2.24, 2.45) is 0 Å². The minimum Gasteiger partial charge on any atom is -0.293 e. The Morgan fingerprint density at radius 1 is 1.14 bits per heavy atom. The van der Waals surface area contributed by atoms with E-state index in [9.17, 15) is 9.18 Å². The molecule has 28 heavy (non-hydrogen) atoms. The third kappa shape index (κ3) is 4.20. The van der Waals surface area contributed by atoms with Crippen LogP contribution < -0.4 is 5.32 Å². The zero-order valence-electron chi connectivity index (χ0n) is 15.0. The fourth-order valence-corrected chi connectivity index (χ4v) is 2.88. The molecule has 3 heterocycles. The summed E-state index contributed by atoms with van der Waals surface area (Å²) in [6.07, 6.45) is 3.98. The van der Waals surface area contributed by atoms with E-state index >= 15 is 0 Å². The van der Waals surface area contributed by atoms with E-state index in [-0.39, 0.29) is 17.7 Å². The Hall–Kier alpha value is -3.62. The normalized spacial score (nSPS) is 11.0. The Bertz CT molecular complexity index is 1090. The van der Waals surface area contributed by atoms with Gasteiger partial charge in [0.15, 0.2) is 5.65 Å². The highest BCUT2D eigenvalue weighted by Gasteiger charge is 2.10. The molecule has 4 aromatic rings. The van der Waals surface area contributed by atoms with Gasteiger partial charge in [0.1, 0.15) is 17.5 Å². The molecule has 8 nitrogen and oxygen atoms in total. The number of hydrogen-bond donors (Lipinski definition) is 2. The molecule has 0 fully saturated rings. The summed E-state index contributed by atoms with van der Waals surface area (Å²) in [4.78, 5) is 16.4. The predicted octanol–water partition coefficient (Wildman–Crippen LogP) is 2.54. The molecule has 4 rings (SSSR count). The number of carbonyl (C=O) groups is 1. The Balaban J connectivity index is 1.27. The van der Waals surface area contributed by atoms with Crippen LogP contribution in [0.4, 0.5) is 10.3 Å². The molecule has 0 saturated carbocycles. The van der Waals surface area contributed by atoms with Gasteiger partial charge in [-0.05, 0) is 36.2 Å². The van der Waals surface area contributed by atoms with Crippen LogP contribution in [-0.2, 0) is 17.6 Å². The predicted molar refractivity (Wildman–Crippen MR) is 100 cm³/mol. The van der Waals surface area contributed by atoms with Gasteiger partial charge in [-0.1, -0.05) is 18.2 Å². The largest absolute Gasteiger partial charge is 0.293 e. The molecule has 2 N–H and O–H groups in total. The number of aryl methyl sites for hydroxylation is 1. The van der Waals surface area contributed by atoms with Gasteiger partial charge in [-0.15, -0.1) is 15.3 Å². The topological polar surface area (TPSA) is 101 Å². The van der Waals surface area contributed by atoms with Crippen molar-refractivity contribution in [3.63, 3.8) is 0 Å². The number of H-pyrrole nitrogens is 1. The third-order valence-corrected chi connectivity index (χ3v) is 4.26. The van der Waals surface area contributed by atoms with Gasteiger partial charge in [0.05, 0.1) is 0 Å². The number of benzene rings is 1. The molecule has 1 aromatic carbocycles. The summed E-state index contributed by atoms with van der Waals surface area (Å²) in [6.45, 7) is 0. The molecule has 1 amide bonds. The number of rotatable bonds is 7. The lowest BCUT2D eigenvalue weighted by Crippen LogP contribution is -2.13. The second-order valence-corrected chi connectivity index (χ2v) is 6.36. The van der Waals surface area contributed by atoms with Gasteiger partial charge in [-0.25, -0.2) is 4.39 Å². The summed E-state index contributed by atoms with van der Waals surface area (Å²) in [5, 5.41) is 17.7. The molecule has 0 aliphatic carbocycles. The number of aromatic nitrogens is 6. The Labute approximate surface area is 159 Å². The van der Waals surface area contributed by atoms with E-state index < -0.39 is 0 Å². The first-order chi connectivity index (χ1) is 13.7. The van der Waals surface area contributed by atoms with E-state index in [1.165, 1.54) is 12.1 Å². The molecular weight excluding hydrogens is 361 g/mol. The number of fused-ring (bicyclic) bond motifs is 1. The van der Waals surface area contributed by atoms with Gasteiger partial charge >= 0.3 is 0 Å². The third-order valence-electron chi connectivity index (χ3n) is 4.26. The number of anilines is 1. The molecule has 0 aliphatic rings. The fourth-order valence-electron chi connectivity index (χ4n) is 2.88. The lowest BCUT2D eigenvalue weighted by molar-refractivity contribution is -0.116. The van der Waals surface area contributed by atoms with Crippen LogP contribution in [0.3, 0.4) is 0 Å². The standard InChI is InChI=1S/C19H18FN7O/c20-14-9-7-13(8-10-14)12-15-21-19(26-23-15)22-18(28)6-3-5-17-25-24-16-4-1-2-11-27(16)17/h1-2,4,7-11H,3,5-6,12H2,(H2,21,22,23,26,28). The minimum atomic E-state index is -0.284. The number of hydrogen-bond acceptors (Lipinski definition) is 5. The molecule has 0 saturated heterocycles. The molecule has 0 radical (unpaired) electrons. The molecule has 0 bridgehead atoms. The van der Waals surface area contributed by atoms with Gasteiger partial charge in [-0.2, -0.15) is 4.98 Å². The Morgan fingerprint density at radius 2 is 2.00 bits per heavy atom. The van der Waals surface area contributed by atoms with Crippen LogP contribution in [0.2, 0.25) is 0 Å². The van der Waals surface area contributed by atoms with E-state index in [1.54, 1.807) is 12.1 Å². The quantitative estimate of drug-likeness (QED) is 0.514. The number of carbonyl (C=O) groups excluding carboxylic acids is 1. The van der Waals surface area contributed by atoms with Crippen molar-refractivity contribution in [2.75, 3.05) is 5.32 Å². The zero-order valence-corrected chi connectivity index (χ0v) is 15.0. The lowest BCUT2D eigenvalue weighted by atomic mass is 10.1. The summed E-state index contributed by atoms with van der Waals surface area (Å²) in [6, 6.07) is 11.9. The second kappa shape index (κ2) is 7.95. The molecule has 0 unspecified atom stereocenters. The first kappa shape index (κ1) is 17.8. The minimum absolute atomic E-state index is 0.166. The van der Waals surface area contributed by atoms with Crippen molar-refractivity contribution >= 4 is 17.5 Å². The molecule has 0 aliphatic heterocycles. The SMILES string of the molecule is O=C(CCCc1nnc2ccccn12)Nc1n[nH]c(Cc2ccc(F)cc2)n1. The van der Waals surface area contributed by atoms with Crippen LogP contribution in [0.15, 0.2) is 48.7 Å². The molecular formula is C19H18FN7O. The number of pyridine rings is 1. The van der Waals surface area contributed by atoms with Crippen LogP contribution in [0.1, 0.15) is 30.1 Å². The van der Waals surface area contributed by atoms with Crippen molar-refractivity contribution in [2.45, 2.75) is 25.7 Å². The zero-order chi connectivity index (χ0) is 19.3. The highest BCUT2D eigenvalue weighted by molar-refractivity contribution is 5.88. The highest BCUT2D eigenvalue weighted by atomic mass is 19.1. The summed E-state index contributed by atoms with van der Waals surface area (Å²) < 4.78 is 14.9. The van der Waals surface area contributed by atoms with Gasteiger partial charge in [-0.3, -0.25) is 19.6 Å². The van der Waals surface area contributed by atoms with Crippen LogP contribution >= 0.6 is 0 Å². The van der Waals surface area contributed by atoms with Crippen LogP contribution in [0.25, 0.3) is 5.65 Å². The summed E-state index contributed by atoms with van der Waals surface area (Å²) in [5.74, 6) is 1.20.